The molecular formula is C32H34ClN5O3S. The Balaban J connectivity index is 1.39. The minimum absolute atomic E-state index is 0.0177. The molecule has 2 aromatic rings. The number of likely N-dealkylation sites (tertiary alicyclic amines) is 1. The molecule has 2 fully saturated rings. The van der Waals surface area contributed by atoms with E-state index in [1.807, 2.05) is 53.4 Å². The molecule has 10 heteroatoms. The number of amidine groups is 1. The van der Waals surface area contributed by atoms with Crippen LogP contribution >= 0.6 is 23.4 Å². The van der Waals surface area contributed by atoms with E-state index in [-0.39, 0.29) is 23.8 Å². The number of hydrogen-bond acceptors (Lipinski definition) is 7. The summed E-state index contributed by atoms with van der Waals surface area (Å²) in [6.07, 6.45) is 1.47. The third kappa shape index (κ3) is 4.89. The molecule has 6 rings (SSSR count). The smallest absolute Gasteiger partial charge is 0.263 e. The van der Waals surface area contributed by atoms with Crippen molar-refractivity contribution in [2.75, 3.05) is 32.8 Å². The second-order valence-corrected chi connectivity index (χ2v) is 13.0. The lowest BCUT2D eigenvalue weighted by molar-refractivity contribution is -0.144. The molecule has 0 N–H and O–H groups in total. The lowest BCUT2D eigenvalue weighted by Gasteiger charge is -2.37. The number of nitrogens with zero attached hydrogens (tertiary/aromatic N) is 5. The molecule has 4 aliphatic rings. The van der Waals surface area contributed by atoms with Gasteiger partial charge in [0.05, 0.1) is 30.9 Å². The highest BCUT2D eigenvalue weighted by atomic mass is 35.5. The van der Waals surface area contributed by atoms with Crippen molar-refractivity contribution < 1.29 is 14.3 Å². The molecular weight excluding hydrogens is 570 g/mol. The third-order valence-corrected chi connectivity index (χ3v) is 9.97. The summed E-state index contributed by atoms with van der Waals surface area (Å²) < 4.78 is 5.44. The van der Waals surface area contributed by atoms with Crippen LogP contribution in [0.2, 0.25) is 5.02 Å². The second-order valence-electron chi connectivity index (χ2n) is 11.6. The minimum Gasteiger partial charge on any atom is -0.378 e. The van der Waals surface area contributed by atoms with E-state index in [1.54, 1.807) is 4.90 Å². The molecule has 2 saturated heterocycles. The number of nitriles is 1. The number of rotatable bonds is 5. The molecule has 2 aromatic carbocycles. The number of thioether (sulfide) groups is 1. The maximum absolute atomic E-state index is 14.3. The maximum atomic E-state index is 14.3. The van der Waals surface area contributed by atoms with Crippen LogP contribution in [0.1, 0.15) is 56.3 Å². The number of carbonyl (C=O) groups excluding carboxylic acids is 2. The van der Waals surface area contributed by atoms with Crippen LogP contribution in [0.15, 0.2) is 64.1 Å². The van der Waals surface area contributed by atoms with Crippen LogP contribution in [-0.4, -0.2) is 70.6 Å². The zero-order chi connectivity index (χ0) is 29.6. The number of morpholine rings is 1. The summed E-state index contributed by atoms with van der Waals surface area (Å²) >= 11 is 7.70. The number of halogens is 1. The summed E-state index contributed by atoms with van der Waals surface area (Å²) in [5, 5.41) is 10.8. The molecule has 0 aromatic heterocycles. The normalized spacial score (nSPS) is 25.6. The highest BCUT2D eigenvalue weighted by molar-refractivity contribution is 8.18. The summed E-state index contributed by atoms with van der Waals surface area (Å²) in [5.74, 6) is -0.0535. The first-order chi connectivity index (χ1) is 20.2. The van der Waals surface area contributed by atoms with E-state index in [2.05, 4.69) is 31.7 Å². The summed E-state index contributed by atoms with van der Waals surface area (Å²) in [4.78, 5) is 39.6. The Kier molecular flexibility index (Phi) is 7.81. The van der Waals surface area contributed by atoms with E-state index in [0.29, 0.717) is 54.8 Å². The van der Waals surface area contributed by atoms with E-state index < -0.39 is 11.6 Å². The molecule has 4 heterocycles. The van der Waals surface area contributed by atoms with Gasteiger partial charge in [-0.05, 0) is 72.8 Å². The molecule has 8 nitrogen and oxygen atoms in total. The predicted molar refractivity (Wildman–Crippen MR) is 164 cm³/mol. The molecule has 0 aliphatic carbocycles. The lowest BCUT2D eigenvalue weighted by atomic mass is 9.81. The average Bonchev–Trinajstić information content (AvgIpc) is 3.70. The number of amides is 2. The number of benzene rings is 2. The van der Waals surface area contributed by atoms with Crippen molar-refractivity contribution in [3.8, 4) is 6.07 Å². The van der Waals surface area contributed by atoms with Gasteiger partial charge in [0.25, 0.3) is 5.91 Å². The number of ether oxygens (including phenoxy) is 1. The molecule has 3 atom stereocenters. The number of allylic oxidation sites excluding steroid dienone is 1. The maximum Gasteiger partial charge on any atom is 0.263 e. The van der Waals surface area contributed by atoms with Crippen LogP contribution in [0.4, 0.5) is 0 Å². The van der Waals surface area contributed by atoms with Crippen molar-refractivity contribution in [2.45, 2.75) is 51.2 Å². The Hall–Kier alpha value is -3.32. The number of hydrogen-bond donors (Lipinski definition) is 0. The van der Waals surface area contributed by atoms with Crippen molar-refractivity contribution in [1.29, 1.82) is 5.26 Å². The van der Waals surface area contributed by atoms with Crippen LogP contribution in [0.25, 0.3) is 0 Å². The SMILES string of the molecule is CC(C)C1=C(C(=O)N2CCC[C@H]2C(=O)N2CCOCC2)SC2=NC(C)(c3ccc(C#N)cc3)C(c3ccc(Cl)cc3)N21. The molecule has 218 valence electrons. The molecule has 4 aliphatic heterocycles. The van der Waals surface area contributed by atoms with Crippen molar-refractivity contribution in [1.82, 2.24) is 14.7 Å². The topological polar surface area (TPSA) is 89.2 Å². The van der Waals surface area contributed by atoms with Gasteiger partial charge in [-0.1, -0.05) is 49.7 Å². The molecule has 2 amide bonds. The Morgan fingerprint density at radius 1 is 1.10 bits per heavy atom. The lowest BCUT2D eigenvalue weighted by Crippen LogP contribution is -2.51. The van der Waals surface area contributed by atoms with Gasteiger partial charge in [-0.2, -0.15) is 5.26 Å². The molecule has 42 heavy (non-hydrogen) atoms. The molecule has 0 spiro atoms. The number of carbonyl (C=O) groups is 2. The van der Waals surface area contributed by atoms with Gasteiger partial charge in [-0.15, -0.1) is 0 Å². The van der Waals surface area contributed by atoms with Gasteiger partial charge in [-0.3, -0.25) is 9.59 Å². The summed E-state index contributed by atoms with van der Waals surface area (Å²) in [6, 6.07) is 16.9. The van der Waals surface area contributed by atoms with Crippen molar-refractivity contribution in [2.24, 2.45) is 10.9 Å². The van der Waals surface area contributed by atoms with E-state index in [0.717, 1.165) is 28.4 Å². The Labute approximate surface area is 256 Å². The second kappa shape index (κ2) is 11.4. The number of fused-ring (bicyclic) bond motifs is 1. The van der Waals surface area contributed by atoms with Gasteiger partial charge in [-0.25, -0.2) is 4.99 Å². The Morgan fingerprint density at radius 3 is 2.43 bits per heavy atom. The van der Waals surface area contributed by atoms with Gasteiger partial charge in [0.2, 0.25) is 5.91 Å². The minimum atomic E-state index is -0.679. The highest BCUT2D eigenvalue weighted by Crippen LogP contribution is 2.56. The van der Waals surface area contributed by atoms with Gasteiger partial charge in [0, 0.05) is 30.4 Å². The fourth-order valence-corrected chi connectivity index (χ4v) is 8.04. The fraction of sp³-hybridized carbons (Fsp3) is 0.438. The molecule has 2 unspecified atom stereocenters. The monoisotopic (exact) mass is 603 g/mol. The number of aliphatic imine (C=N–C) groups is 1. The van der Waals surface area contributed by atoms with Crippen molar-refractivity contribution in [3.05, 3.63) is 80.8 Å². The summed E-state index contributed by atoms with van der Waals surface area (Å²) in [5.41, 5.74) is 2.84. The first kappa shape index (κ1) is 28.8. The zero-order valence-electron chi connectivity index (χ0n) is 24.0. The highest BCUT2D eigenvalue weighted by Gasteiger charge is 2.54. The van der Waals surface area contributed by atoms with Gasteiger partial charge in [0.1, 0.15) is 16.5 Å². The predicted octanol–water partition coefficient (Wildman–Crippen LogP) is 5.30. The largest absolute Gasteiger partial charge is 0.378 e. The third-order valence-electron chi connectivity index (χ3n) is 8.66. The van der Waals surface area contributed by atoms with Gasteiger partial charge < -0.3 is 19.4 Å². The van der Waals surface area contributed by atoms with E-state index in [1.165, 1.54) is 11.8 Å². The van der Waals surface area contributed by atoms with Crippen LogP contribution in [0, 0.1) is 17.2 Å². The molecule has 0 bridgehead atoms. The van der Waals surface area contributed by atoms with Crippen molar-refractivity contribution in [3.63, 3.8) is 0 Å². The zero-order valence-corrected chi connectivity index (χ0v) is 25.6. The standard InChI is InChI=1S/C32H34ClN5O3S/c1-20(2)26-27(30(40)37-14-4-5-25(37)29(39)36-15-17-41-18-16-36)42-31-35-32(3,23-10-6-21(19-34)7-11-23)28(38(26)31)22-8-12-24(33)13-9-22/h6-13,20,25,28H,4-5,14-18H2,1-3H3/t25-,28?,32?/m0/s1. The van der Waals surface area contributed by atoms with E-state index >= 15 is 0 Å². The fourth-order valence-electron chi connectivity index (χ4n) is 6.55. The Bertz CT molecular complexity index is 1490. The van der Waals surface area contributed by atoms with Crippen molar-refractivity contribution >= 4 is 40.3 Å². The van der Waals surface area contributed by atoms with Crippen LogP contribution in [0.3, 0.4) is 0 Å². The van der Waals surface area contributed by atoms with E-state index in [4.69, 9.17) is 21.3 Å². The molecule has 0 saturated carbocycles. The molecule has 0 radical (unpaired) electrons. The quantitative estimate of drug-likeness (QED) is 0.461. The van der Waals surface area contributed by atoms with Gasteiger partial charge in [0.15, 0.2) is 5.17 Å². The van der Waals surface area contributed by atoms with Crippen LogP contribution < -0.4 is 0 Å². The first-order valence-corrected chi connectivity index (χ1v) is 15.7. The van der Waals surface area contributed by atoms with Crippen LogP contribution in [-0.2, 0) is 19.9 Å². The van der Waals surface area contributed by atoms with E-state index in [9.17, 15) is 14.9 Å². The van der Waals surface area contributed by atoms with Crippen LogP contribution in [0.5, 0.6) is 0 Å². The summed E-state index contributed by atoms with van der Waals surface area (Å²) in [7, 11) is 0. The summed E-state index contributed by atoms with van der Waals surface area (Å²) in [6.45, 7) is 9.06. The average molecular weight is 604 g/mol. The first-order valence-electron chi connectivity index (χ1n) is 14.5. The van der Waals surface area contributed by atoms with Gasteiger partial charge >= 0.3 is 0 Å². The Morgan fingerprint density at radius 2 is 1.79 bits per heavy atom.